The van der Waals surface area contributed by atoms with E-state index in [2.05, 4.69) is 106 Å². The van der Waals surface area contributed by atoms with Crippen molar-refractivity contribution >= 4 is 17.9 Å². The number of hydrogen-bond donors (Lipinski definition) is 0. The van der Waals surface area contributed by atoms with Crippen molar-refractivity contribution in [3.8, 4) is 0 Å². The molecule has 0 rings (SSSR count). The molecule has 0 aromatic rings. The third-order valence-corrected chi connectivity index (χ3v) is 10.9. The molecule has 0 aromatic carbocycles. The molecular weight excluding hydrogens is 781 g/mol. The van der Waals surface area contributed by atoms with Gasteiger partial charge in [-0.15, -0.1) is 0 Å². The number of hydrogen-bond acceptors (Lipinski definition) is 6. The molecule has 0 saturated heterocycles. The normalized spacial score (nSPS) is 12.7. The summed E-state index contributed by atoms with van der Waals surface area (Å²) in [5.74, 6) is -0.919. The van der Waals surface area contributed by atoms with Crippen molar-refractivity contribution in [3.05, 3.63) is 85.1 Å². The molecule has 0 aromatic heterocycles. The Bertz CT molecular complexity index is 1240. The second-order valence-electron chi connectivity index (χ2n) is 17.1. The van der Waals surface area contributed by atoms with Gasteiger partial charge >= 0.3 is 17.9 Å². The lowest BCUT2D eigenvalue weighted by Gasteiger charge is -2.18. The first-order valence-electron chi connectivity index (χ1n) is 26.1. The first kappa shape index (κ1) is 59.6. The van der Waals surface area contributed by atoms with Gasteiger partial charge in [0.05, 0.1) is 0 Å². The fourth-order valence-corrected chi connectivity index (χ4v) is 6.97. The second kappa shape index (κ2) is 51.2. The highest BCUT2D eigenvalue weighted by Crippen LogP contribution is 2.14. The highest BCUT2D eigenvalue weighted by atomic mass is 16.6. The van der Waals surface area contributed by atoms with Crippen LogP contribution in [-0.2, 0) is 28.6 Å². The maximum Gasteiger partial charge on any atom is 0.306 e. The van der Waals surface area contributed by atoms with E-state index < -0.39 is 6.10 Å². The predicted octanol–water partition coefficient (Wildman–Crippen LogP) is 17.2. The molecule has 6 heteroatoms. The quantitative estimate of drug-likeness (QED) is 0.0262. The van der Waals surface area contributed by atoms with Crippen molar-refractivity contribution in [2.24, 2.45) is 0 Å². The SMILES string of the molecule is CC/C=C\C/C=C\C/C=C\C/C=C\C/C=C\CCCCCCCCCC(=O)OCC(COC(=O)CCCCCCCCC)OC(=O)CCCCCCC/C=C\C/C=C\CCCCC. The minimum absolute atomic E-state index is 0.0857. The van der Waals surface area contributed by atoms with Crippen molar-refractivity contribution in [2.75, 3.05) is 13.2 Å². The van der Waals surface area contributed by atoms with Crippen LogP contribution in [0, 0.1) is 0 Å². The number of allylic oxidation sites excluding steroid dienone is 14. The summed E-state index contributed by atoms with van der Waals surface area (Å²) in [6, 6.07) is 0. The van der Waals surface area contributed by atoms with Gasteiger partial charge in [0.2, 0.25) is 0 Å². The van der Waals surface area contributed by atoms with Crippen molar-refractivity contribution in [2.45, 2.75) is 245 Å². The summed E-state index contributed by atoms with van der Waals surface area (Å²) in [6.07, 6.45) is 65.8. The topological polar surface area (TPSA) is 78.9 Å². The van der Waals surface area contributed by atoms with Crippen molar-refractivity contribution < 1.29 is 28.6 Å². The smallest absolute Gasteiger partial charge is 0.306 e. The van der Waals surface area contributed by atoms with Crippen LogP contribution in [0.2, 0.25) is 0 Å². The average Bonchev–Trinajstić information content (AvgIpc) is 3.28. The summed E-state index contributed by atoms with van der Waals surface area (Å²) in [5.41, 5.74) is 0. The minimum Gasteiger partial charge on any atom is -0.462 e. The predicted molar refractivity (Wildman–Crippen MR) is 270 cm³/mol. The Morgan fingerprint density at radius 2 is 0.619 bits per heavy atom. The number of carbonyl (C=O) groups excluding carboxylic acids is 3. The van der Waals surface area contributed by atoms with E-state index in [1.165, 1.54) is 77.0 Å². The Morgan fingerprint density at radius 3 is 1.00 bits per heavy atom. The van der Waals surface area contributed by atoms with Gasteiger partial charge in [0.15, 0.2) is 6.10 Å². The second-order valence-corrected chi connectivity index (χ2v) is 17.1. The van der Waals surface area contributed by atoms with E-state index in [4.69, 9.17) is 14.2 Å². The highest BCUT2D eigenvalue weighted by Gasteiger charge is 2.19. The van der Waals surface area contributed by atoms with Crippen LogP contribution in [0.4, 0.5) is 0 Å². The molecule has 63 heavy (non-hydrogen) atoms. The molecule has 1 unspecified atom stereocenters. The van der Waals surface area contributed by atoms with Crippen LogP contribution in [0.25, 0.3) is 0 Å². The van der Waals surface area contributed by atoms with Crippen LogP contribution >= 0.6 is 0 Å². The Balaban J connectivity index is 4.27. The number of ether oxygens (including phenoxy) is 3. The summed E-state index contributed by atoms with van der Waals surface area (Å²) in [6.45, 7) is 6.43. The van der Waals surface area contributed by atoms with Crippen LogP contribution in [0.3, 0.4) is 0 Å². The number of unbranched alkanes of at least 4 members (excludes halogenated alkanes) is 21. The van der Waals surface area contributed by atoms with E-state index in [-0.39, 0.29) is 31.1 Å². The summed E-state index contributed by atoms with van der Waals surface area (Å²) in [7, 11) is 0. The van der Waals surface area contributed by atoms with Crippen molar-refractivity contribution in [3.63, 3.8) is 0 Å². The average molecular weight is 877 g/mol. The van der Waals surface area contributed by atoms with Crippen LogP contribution in [0.5, 0.6) is 0 Å². The van der Waals surface area contributed by atoms with E-state index in [1.807, 2.05) is 0 Å². The van der Waals surface area contributed by atoms with Gasteiger partial charge in [0, 0.05) is 19.3 Å². The number of carbonyl (C=O) groups is 3. The van der Waals surface area contributed by atoms with Crippen molar-refractivity contribution in [1.29, 1.82) is 0 Å². The minimum atomic E-state index is -0.785. The Morgan fingerprint density at radius 1 is 0.333 bits per heavy atom. The van der Waals surface area contributed by atoms with E-state index in [9.17, 15) is 14.4 Å². The van der Waals surface area contributed by atoms with E-state index in [1.54, 1.807) is 0 Å². The van der Waals surface area contributed by atoms with Gasteiger partial charge in [-0.1, -0.05) is 209 Å². The molecule has 0 spiro atoms. The molecule has 0 bridgehead atoms. The summed E-state index contributed by atoms with van der Waals surface area (Å²) in [4.78, 5) is 37.8. The van der Waals surface area contributed by atoms with E-state index in [0.29, 0.717) is 19.3 Å². The van der Waals surface area contributed by atoms with Crippen LogP contribution in [-0.4, -0.2) is 37.2 Å². The molecule has 0 aliphatic heterocycles. The molecular formula is C57H96O6. The molecule has 360 valence electrons. The molecule has 0 heterocycles. The lowest BCUT2D eigenvalue weighted by atomic mass is 10.1. The van der Waals surface area contributed by atoms with Crippen LogP contribution in [0.15, 0.2) is 85.1 Å². The zero-order valence-electron chi connectivity index (χ0n) is 41.1. The summed E-state index contributed by atoms with van der Waals surface area (Å²) >= 11 is 0. The lowest BCUT2D eigenvalue weighted by Crippen LogP contribution is -2.30. The molecule has 0 fully saturated rings. The maximum atomic E-state index is 12.8. The van der Waals surface area contributed by atoms with E-state index in [0.717, 1.165) is 122 Å². The summed E-state index contributed by atoms with van der Waals surface area (Å²) in [5, 5.41) is 0. The fourth-order valence-electron chi connectivity index (χ4n) is 6.97. The molecule has 0 saturated carbocycles. The molecule has 0 N–H and O–H groups in total. The number of rotatable bonds is 46. The van der Waals surface area contributed by atoms with Crippen LogP contribution in [0.1, 0.15) is 239 Å². The molecule has 6 nitrogen and oxygen atoms in total. The lowest BCUT2D eigenvalue weighted by molar-refractivity contribution is -0.167. The van der Waals surface area contributed by atoms with Gasteiger partial charge in [-0.25, -0.2) is 0 Å². The van der Waals surface area contributed by atoms with E-state index >= 15 is 0 Å². The monoisotopic (exact) mass is 877 g/mol. The van der Waals surface area contributed by atoms with Gasteiger partial charge in [-0.2, -0.15) is 0 Å². The Labute approximate surface area is 388 Å². The first-order valence-corrected chi connectivity index (χ1v) is 26.1. The van der Waals surface area contributed by atoms with Gasteiger partial charge in [-0.05, 0) is 96.3 Å². The van der Waals surface area contributed by atoms with Gasteiger partial charge in [-0.3, -0.25) is 14.4 Å². The largest absolute Gasteiger partial charge is 0.462 e. The van der Waals surface area contributed by atoms with Gasteiger partial charge < -0.3 is 14.2 Å². The Kier molecular flexibility index (Phi) is 48.5. The zero-order chi connectivity index (χ0) is 45.8. The standard InChI is InChI=1S/C57H96O6/c1-4-7-10-13-16-18-20-22-24-25-26-27-28-29-30-31-33-34-36-38-41-44-47-50-56(59)62-53-54(52-61-55(58)49-46-43-40-15-12-9-6-3)63-57(60)51-48-45-42-39-37-35-32-23-21-19-17-14-11-8-5-2/h7,10,16-19,22-24,26-27,29-30,32,54H,4-6,8-9,11-15,20-21,25,28,31,33-53H2,1-3H3/b10-7-,18-16-,19-17-,24-22-,27-26-,30-29-,32-23-. The van der Waals surface area contributed by atoms with Crippen LogP contribution < -0.4 is 0 Å². The first-order chi connectivity index (χ1) is 31.0. The molecule has 0 amide bonds. The molecule has 0 aliphatic carbocycles. The fraction of sp³-hybridized carbons (Fsp3) is 0.702. The van der Waals surface area contributed by atoms with Crippen molar-refractivity contribution in [1.82, 2.24) is 0 Å². The van der Waals surface area contributed by atoms with Gasteiger partial charge in [0.25, 0.3) is 0 Å². The van der Waals surface area contributed by atoms with Gasteiger partial charge in [0.1, 0.15) is 13.2 Å². The molecule has 1 atom stereocenters. The zero-order valence-corrected chi connectivity index (χ0v) is 41.1. The Hall–Kier alpha value is -3.41. The number of esters is 3. The summed E-state index contributed by atoms with van der Waals surface area (Å²) < 4.78 is 16.7. The maximum absolute atomic E-state index is 12.8. The molecule has 0 radical (unpaired) electrons. The molecule has 0 aliphatic rings. The third-order valence-electron chi connectivity index (χ3n) is 10.9. The third kappa shape index (κ3) is 49.5. The highest BCUT2D eigenvalue weighted by molar-refractivity contribution is 5.71.